The van der Waals surface area contributed by atoms with Crippen molar-refractivity contribution in [2.75, 3.05) is 58.7 Å². The molecule has 0 aromatic heterocycles. The number of aliphatic carboxylic acids is 1. The molecule has 5 fully saturated rings. The van der Waals surface area contributed by atoms with Crippen LogP contribution >= 0.6 is 21.6 Å². The quantitative estimate of drug-likeness (QED) is 0.0313. The smallest absolute Gasteiger partial charge is 0.305 e. The molecule has 5 aliphatic heterocycles. The lowest BCUT2D eigenvalue weighted by molar-refractivity contribution is -0.149. The third-order valence-corrected chi connectivity index (χ3v) is 23.3. The van der Waals surface area contributed by atoms with Crippen LogP contribution < -0.4 is 70.0 Å². The van der Waals surface area contributed by atoms with E-state index in [0.717, 1.165) is 4.90 Å². The molecule has 37 nitrogen and oxygen atoms in total. The first-order valence-corrected chi connectivity index (χ1v) is 40.6. The topological polar surface area (TPSA) is 544 Å². The van der Waals surface area contributed by atoms with Crippen molar-refractivity contribution in [1.82, 2.24) is 78.1 Å². The van der Waals surface area contributed by atoms with E-state index in [2.05, 4.69) is 63.5 Å². The number of nitrogens with two attached hydrogens (primary N) is 2. The third-order valence-electron chi connectivity index (χ3n) is 20.6. The van der Waals surface area contributed by atoms with Crippen LogP contribution in [-0.2, 0) is 76.7 Å². The average Bonchev–Trinajstić information content (AvgIpc) is 1.60. The zero-order valence-corrected chi connectivity index (χ0v) is 66.7. The van der Waals surface area contributed by atoms with Crippen molar-refractivity contribution >= 4 is 122 Å². The molecule has 18 N–H and O–H groups in total. The number of aliphatic imine (C=N–C) groups is 1. The highest BCUT2D eigenvalue weighted by molar-refractivity contribution is 8.77. The minimum absolute atomic E-state index is 0.0135. The van der Waals surface area contributed by atoms with Gasteiger partial charge < -0.3 is 105 Å². The summed E-state index contributed by atoms with van der Waals surface area (Å²) in [5.41, 5.74) is 10.5. The first-order chi connectivity index (χ1) is 51.9. The average molecular weight is 1590 g/mol. The van der Waals surface area contributed by atoms with E-state index in [-0.39, 0.29) is 129 Å². The number of nitrogens with zero attached hydrogens (tertiary/aromatic N) is 5. The molecular formula is C71H118N18O19S2. The van der Waals surface area contributed by atoms with Crippen molar-refractivity contribution < 1.29 is 92.0 Å². The molecule has 5 saturated heterocycles. The van der Waals surface area contributed by atoms with Crippen LogP contribution in [0.5, 0.6) is 0 Å². The van der Waals surface area contributed by atoms with Gasteiger partial charge in [0.15, 0.2) is 11.3 Å². The van der Waals surface area contributed by atoms with Crippen LogP contribution in [0.15, 0.2) is 4.99 Å². The summed E-state index contributed by atoms with van der Waals surface area (Å²) in [5, 5.41) is 58.6. The maximum Gasteiger partial charge on any atom is 0.305 e. The van der Waals surface area contributed by atoms with Crippen molar-refractivity contribution in [1.29, 1.82) is 0 Å². The zero-order chi connectivity index (χ0) is 82.0. The Morgan fingerprint density at radius 3 is 1.54 bits per heavy atom. The molecule has 17 atom stereocenters. The first kappa shape index (κ1) is 92.0. The summed E-state index contributed by atoms with van der Waals surface area (Å²) in [5.74, 6) is -17.8. The van der Waals surface area contributed by atoms with E-state index >= 15 is 28.8 Å². The Morgan fingerprint density at radius 2 is 0.991 bits per heavy atom. The van der Waals surface area contributed by atoms with Crippen molar-refractivity contribution in [3.05, 3.63) is 0 Å². The molecule has 0 saturated carbocycles. The standard InChI is InChI=1S/C71H118N18O19S2/c1-12-37(5)52-63(103)82-46-36-109-110-69(64(104)85-54(39(7)14-3)68(108)88-30-20-23-47(88)61(101)78-42(32-51(93)94)55(95)74-27-17-16-26-50(92)76-40(15-4)56(96)83-52)86(11)67(107)53(38(6)13-2)84-62(102)48-24-19-29-87(48)66(106)49-25-21-31-89(49)65(105)43(33-71(8,9)10)79-59(99)45(35-91)80-57(97)41(22-18-28-75-70(72)73)77-58(98)44(34-90)81-60(46)100/h37-49,52-54,69,90-91H,12-36H2,1-11H3,(H,74,95)(H,76,92)(H,77,98)(H,78,101)(H,79,99)(H,80,97)(H,81,100)(H,82,103)(H,83,96)(H,84,102)(H,85,104)(H,93,94)(H4,72,73,75)/t37-,38-,39-,40-,41-,42-,43-,44-,45-,46-,47-,48-,49-,52-,53-,54-,69-/m0/s1. The molecule has 618 valence electrons. The minimum atomic E-state index is -1.96. The molecule has 0 aromatic rings. The number of fused-ring (bicyclic) bond motifs is 7. The van der Waals surface area contributed by atoms with Gasteiger partial charge >= 0.3 is 5.97 Å². The van der Waals surface area contributed by atoms with E-state index in [4.69, 9.17) is 11.5 Å². The Hall–Kier alpha value is -8.59. The van der Waals surface area contributed by atoms with Gasteiger partial charge in [0.1, 0.15) is 78.5 Å². The number of hydrogen-bond donors (Lipinski definition) is 16. The van der Waals surface area contributed by atoms with Gasteiger partial charge in [-0.15, -0.1) is 0 Å². The lowest BCUT2D eigenvalue weighted by atomic mass is 9.87. The maximum atomic E-state index is 15.6. The minimum Gasteiger partial charge on any atom is -0.481 e. The number of aliphatic hydroxyl groups excluding tert-OH is 2. The number of hydrogen-bond acceptors (Lipinski definition) is 21. The van der Waals surface area contributed by atoms with E-state index < -0.39 is 227 Å². The lowest BCUT2D eigenvalue weighted by Gasteiger charge is -2.36. The molecule has 110 heavy (non-hydrogen) atoms. The van der Waals surface area contributed by atoms with Crippen LogP contribution in [0.4, 0.5) is 0 Å². The Bertz CT molecular complexity index is 3330. The second-order valence-electron chi connectivity index (χ2n) is 30.2. The molecular weight excluding hydrogens is 1470 g/mol. The summed E-state index contributed by atoms with van der Waals surface area (Å²) in [7, 11) is 2.60. The van der Waals surface area contributed by atoms with Gasteiger partial charge in [-0.1, -0.05) is 110 Å². The van der Waals surface area contributed by atoms with E-state index in [1.807, 2.05) is 0 Å². The highest BCUT2D eigenvalue weighted by Crippen LogP contribution is 2.33. The Kier molecular flexibility index (Phi) is 36.7. The number of likely N-dealkylation sites (N-methyl/N-ethyl adjacent to an activating group) is 1. The number of rotatable bonds is 16. The van der Waals surface area contributed by atoms with E-state index in [1.54, 1.807) is 69.2 Å². The number of carbonyl (C=O) groups excluding carboxylic acids is 15. The number of carbonyl (C=O) groups is 16. The number of nitrogens with one attached hydrogen (secondary N) is 11. The molecule has 0 radical (unpaired) electrons. The van der Waals surface area contributed by atoms with Gasteiger partial charge in [-0.25, -0.2) is 0 Å². The van der Waals surface area contributed by atoms with Gasteiger partial charge in [-0.3, -0.25) is 81.7 Å². The molecule has 0 aromatic carbocycles. The van der Waals surface area contributed by atoms with Crippen molar-refractivity contribution in [3.63, 3.8) is 0 Å². The van der Waals surface area contributed by atoms with Gasteiger partial charge in [-0.05, 0) is 100 Å². The maximum absolute atomic E-state index is 15.6. The zero-order valence-electron chi connectivity index (χ0n) is 65.1. The van der Waals surface area contributed by atoms with E-state index in [1.165, 1.54) is 21.7 Å². The first-order valence-electron chi connectivity index (χ1n) is 38.2. The summed E-state index contributed by atoms with van der Waals surface area (Å²) >= 11 is 0. The molecule has 5 heterocycles. The molecule has 15 amide bonds. The number of guanidine groups is 1. The highest BCUT2D eigenvalue weighted by Gasteiger charge is 2.48. The fraction of sp³-hybridized carbons (Fsp3) is 0.761. The second-order valence-corrected chi connectivity index (χ2v) is 32.7. The van der Waals surface area contributed by atoms with Crippen molar-refractivity contribution in [2.24, 2.45) is 39.6 Å². The Balaban J connectivity index is 1.74. The van der Waals surface area contributed by atoms with Crippen LogP contribution in [-0.4, -0.2) is 278 Å². The van der Waals surface area contributed by atoms with Crippen LogP contribution in [0.25, 0.3) is 0 Å². The Labute approximate surface area is 650 Å². The fourth-order valence-electron chi connectivity index (χ4n) is 13.6. The second kappa shape index (κ2) is 43.9. The number of carboxylic acid groups (broad SMARTS) is 1. The normalized spacial score (nSPS) is 29.3. The monoisotopic (exact) mass is 1590 g/mol. The van der Waals surface area contributed by atoms with Crippen molar-refractivity contribution in [2.45, 2.75) is 262 Å². The molecule has 2 bridgehead atoms. The molecule has 5 rings (SSSR count). The number of carboxylic acids is 1. The summed E-state index contributed by atoms with van der Waals surface area (Å²) in [6.07, 6.45) is 0.997. The van der Waals surface area contributed by atoms with Gasteiger partial charge in [0.05, 0.1) is 19.6 Å². The largest absolute Gasteiger partial charge is 0.481 e. The molecule has 5 aliphatic rings. The van der Waals surface area contributed by atoms with Crippen LogP contribution in [0.1, 0.15) is 178 Å². The van der Waals surface area contributed by atoms with Gasteiger partial charge in [-0.2, -0.15) is 0 Å². The SMILES string of the molecule is CC[C@@H]1NC(=O)CCCCNC(=O)[C@H](CC(=O)O)NC(=O)[C@@H]2CCCN2C(=O)[C@H]([C@@H](C)CC)NC(=O)[C@@H]2SSC[C@H](NC(=O)[C@H]([C@@H](C)CC)NC1=O)C(=O)N[C@@H](CO)C(=O)N[C@@H](CCCN=C(N)N)C(=O)N[C@@H](CO)C(=O)N[C@@H](CC(C)(C)C)C(=O)N1CCC[C@H]1C(=O)N1CCC[C@H]1C(=O)N[C@@H]([C@@H](C)CC)C(=O)N2C. The van der Waals surface area contributed by atoms with Crippen LogP contribution in [0, 0.1) is 23.2 Å². The van der Waals surface area contributed by atoms with Crippen LogP contribution in [0.3, 0.4) is 0 Å². The number of amides is 15. The molecule has 0 aliphatic carbocycles. The van der Waals surface area contributed by atoms with Gasteiger partial charge in [0, 0.05) is 51.9 Å². The predicted octanol–water partition coefficient (Wildman–Crippen LogP) is -3.22. The van der Waals surface area contributed by atoms with E-state index in [9.17, 15) is 63.3 Å². The summed E-state index contributed by atoms with van der Waals surface area (Å²) in [4.78, 5) is 242. The lowest BCUT2D eigenvalue weighted by Crippen LogP contribution is -2.62. The highest BCUT2D eigenvalue weighted by atomic mass is 33.1. The molecule has 39 heteroatoms. The van der Waals surface area contributed by atoms with Gasteiger partial charge in [0.2, 0.25) is 82.7 Å². The van der Waals surface area contributed by atoms with E-state index in [0.29, 0.717) is 34.4 Å². The predicted molar refractivity (Wildman–Crippen MR) is 406 cm³/mol. The molecule has 0 spiro atoms. The third kappa shape index (κ3) is 26.3. The van der Waals surface area contributed by atoms with Gasteiger partial charge in [0.25, 0.3) is 5.91 Å². The summed E-state index contributed by atoms with van der Waals surface area (Å²) in [6, 6.07) is -19.4. The molecule has 0 unspecified atom stereocenters. The Morgan fingerprint density at radius 1 is 0.518 bits per heavy atom. The number of aliphatic hydroxyl groups is 2. The van der Waals surface area contributed by atoms with Crippen LogP contribution in [0.2, 0.25) is 0 Å². The summed E-state index contributed by atoms with van der Waals surface area (Å²) in [6.45, 7) is 14.8. The van der Waals surface area contributed by atoms with Crippen molar-refractivity contribution in [3.8, 4) is 0 Å². The summed E-state index contributed by atoms with van der Waals surface area (Å²) < 4.78 is 0. The fourth-order valence-corrected chi connectivity index (χ4v) is 16.2.